The van der Waals surface area contributed by atoms with Crippen LogP contribution in [0.25, 0.3) is 0 Å². The van der Waals surface area contributed by atoms with Crippen LogP contribution in [0, 0.1) is 20.9 Å². The van der Waals surface area contributed by atoms with Gasteiger partial charge in [-0.05, 0) is 23.7 Å². The van der Waals surface area contributed by atoms with Crippen LogP contribution in [-0.4, -0.2) is 16.5 Å². The van der Waals surface area contributed by atoms with Gasteiger partial charge in [-0.2, -0.15) is 0 Å². The predicted molar refractivity (Wildman–Crippen MR) is 109 cm³/mol. The zero-order chi connectivity index (χ0) is 21.1. The topological polar surface area (TPSA) is 89.3 Å². The van der Waals surface area contributed by atoms with E-state index < -0.39 is 10.8 Å². The van der Waals surface area contributed by atoms with Crippen LogP contribution in [0.5, 0.6) is 0 Å². The Hall–Kier alpha value is -2.76. The summed E-state index contributed by atoms with van der Waals surface area (Å²) in [6.07, 6.45) is 2.09. The summed E-state index contributed by atoms with van der Waals surface area (Å²) in [5, 5.41) is 15.2. The van der Waals surface area contributed by atoms with Gasteiger partial charge in [0.2, 0.25) is 0 Å². The summed E-state index contributed by atoms with van der Waals surface area (Å²) >= 11 is 0. The number of carbonyl (C=O) groups is 2. The van der Waals surface area contributed by atoms with Crippen LogP contribution < -0.4 is 5.32 Å². The zero-order valence-corrected chi connectivity index (χ0v) is 17.3. The van der Waals surface area contributed by atoms with E-state index in [0.717, 1.165) is 11.4 Å². The molecule has 0 bridgehead atoms. The van der Waals surface area contributed by atoms with Crippen molar-refractivity contribution in [1.82, 2.24) is 5.32 Å². The van der Waals surface area contributed by atoms with Crippen LogP contribution in [-0.2, 0) is 9.59 Å². The van der Waals surface area contributed by atoms with E-state index in [9.17, 15) is 19.7 Å². The second-order valence-corrected chi connectivity index (χ2v) is 10.0. The molecule has 0 saturated carbocycles. The van der Waals surface area contributed by atoms with Gasteiger partial charge in [0, 0.05) is 47.0 Å². The molecular weight excluding hydrogens is 368 g/mol. The first kappa shape index (κ1) is 19.6. The summed E-state index contributed by atoms with van der Waals surface area (Å²) in [7, 11) is 0. The summed E-state index contributed by atoms with van der Waals surface area (Å²) in [4.78, 5) is 37.7. The Morgan fingerprint density at radius 1 is 0.897 bits per heavy atom. The quantitative estimate of drug-likeness (QED) is 0.586. The molecule has 0 atom stereocenters. The predicted octanol–water partition coefficient (Wildman–Crippen LogP) is 4.57. The molecule has 29 heavy (non-hydrogen) atoms. The van der Waals surface area contributed by atoms with Crippen molar-refractivity contribution in [3.63, 3.8) is 0 Å². The van der Waals surface area contributed by atoms with E-state index in [4.69, 9.17) is 0 Å². The van der Waals surface area contributed by atoms with E-state index in [0.29, 0.717) is 42.4 Å². The molecule has 3 aliphatic rings. The van der Waals surface area contributed by atoms with Crippen LogP contribution in [0.1, 0.15) is 64.9 Å². The summed E-state index contributed by atoms with van der Waals surface area (Å²) in [6.45, 7) is 8.21. The van der Waals surface area contributed by atoms with Gasteiger partial charge < -0.3 is 5.32 Å². The van der Waals surface area contributed by atoms with Gasteiger partial charge in [0.15, 0.2) is 11.6 Å². The lowest BCUT2D eigenvalue weighted by atomic mass is 9.64. The number of para-hydroxylation sites is 1. The monoisotopic (exact) mass is 394 g/mol. The molecule has 1 aliphatic heterocycles. The van der Waals surface area contributed by atoms with Crippen molar-refractivity contribution in [1.29, 1.82) is 0 Å². The number of benzene rings is 1. The highest BCUT2D eigenvalue weighted by atomic mass is 16.6. The molecule has 1 aromatic rings. The Bertz CT molecular complexity index is 961. The van der Waals surface area contributed by atoms with Crippen LogP contribution in [0.15, 0.2) is 46.8 Å². The van der Waals surface area contributed by atoms with Gasteiger partial charge in [0.05, 0.1) is 10.8 Å². The molecule has 0 amide bonds. The average Bonchev–Trinajstić information content (AvgIpc) is 2.57. The zero-order valence-electron chi connectivity index (χ0n) is 17.3. The summed E-state index contributed by atoms with van der Waals surface area (Å²) in [6, 6.07) is 6.49. The van der Waals surface area contributed by atoms with Gasteiger partial charge in [-0.15, -0.1) is 0 Å². The number of hydrogen-bond acceptors (Lipinski definition) is 5. The van der Waals surface area contributed by atoms with Crippen molar-refractivity contribution >= 4 is 17.3 Å². The number of ketones is 2. The number of nitrogens with one attached hydrogen (secondary N) is 1. The standard InChI is InChI=1S/C23H26N2O4/c1-22(2)9-14-20(17(26)11-22)19(13-7-5-6-8-16(13)25(28)29)21-15(24-14)10-23(3,4)12-18(21)27/h5-8,19,24H,9-12H2,1-4H3. The maximum Gasteiger partial charge on any atom is 0.273 e. The highest BCUT2D eigenvalue weighted by Crippen LogP contribution is 2.52. The Morgan fingerprint density at radius 2 is 1.38 bits per heavy atom. The Morgan fingerprint density at radius 3 is 1.86 bits per heavy atom. The molecule has 4 rings (SSSR count). The second kappa shape index (κ2) is 6.37. The third kappa shape index (κ3) is 3.30. The fraction of sp³-hybridized carbons (Fsp3) is 0.478. The van der Waals surface area contributed by atoms with Crippen molar-refractivity contribution < 1.29 is 14.5 Å². The van der Waals surface area contributed by atoms with Crippen LogP contribution >= 0.6 is 0 Å². The molecule has 0 unspecified atom stereocenters. The van der Waals surface area contributed by atoms with Crippen LogP contribution in [0.2, 0.25) is 0 Å². The molecule has 1 heterocycles. The number of hydrogen-bond donors (Lipinski definition) is 1. The first-order valence-corrected chi connectivity index (χ1v) is 10.0. The smallest absolute Gasteiger partial charge is 0.273 e. The molecule has 152 valence electrons. The number of nitro groups is 1. The van der Waals surface area contributed by atoms with Gasteiger partial charge in [0.1, 0.15) is 0 Å². The Balaban J connectivity index is 1.97. The first-order chi connectivity index (χ1) is 13.5. The molecule has 0 radical (unpaired) electrons. The molecule has 6 nitrogen and oxygen atoms in total. The number of nitrogens with zero attached hydrogens (tertiary/aromatic N) is 1. The maximum atomic E-state index is 13.2. The van der Waals surface area contributed by atoms with E-state index >= 15 is 0 Å². The molecule has 1 N–H and O–H groups in total. The van der Waals surface area contributed by atoms with Crippen LogP contribution in [0.4, 0.5) is 5.69 Å². The first-order valence-electron chi connectivity index (χ1n) is 10.0. The molecule has 1 aromatic carbocycles. The van der Waals surface area contributed by atoms with Crippen LogP contribution in [0.3, 0.4) is 0 Å². The van der Waals surface area contributed by atoms with E-state index in [-0.39, 0.29) is 28.1 Å². The minimum absolute atomic E-state index is 0.0314. The average molecular weight is 394 g/mol. The molecule has 0 spiro atoms. The number of rotatable bonds is 2. The Kier molecular flexibility index (Phi) is 4.30. The van der Waals surface area contributed by atoms with Gasteiger partial charge >= 0.3 is 0 Å². The Labute approximate surface area is 170 Å². The number of allylic oxidation sites excluding steroid dienone is 4. The van der Waals surface area contributed by atoms with E-state index in [2.05, 4.69) is 33.0 Å². The number of nitro benzene ring substituents is 1. The van der Waals surface area contributed by atoms with Crippen molar-refractivity contribution in [3.8, 4) is 0 Å². The molecule has 2 aliphatic carbocycles. The van der Waals surface area contributed by atoms with Gasteiger partial charge in [-0.25, -0.2) is 0 Å². The molecular formula is C23H26N2O4. The summed E-state index contributed by atoms with van der Waals surface area (Å²) < 4.78 is 0. The van der Waals surface area contributed by atoms with Gasteiger partial charge in [-0.1, -0.05) is 45.9 Å². The lowest BCUT2D eigenvalue weighted by molar-refractivity contribution is -0.385. The van der Waals surface area contributed by atoms with Crippen molar-refractivity contribution in [2.24, 2.45) is 10.8 Å². The van der Waals surface area contributed by atoms with E-state index in [1.54, 1.807) is 18.2 Å². The van der Waals surface area contributed by atoms with Crippen molar-refractivity contribution in [2.75, 3.05) is 0 Å². The molecule has 0 aromatic heterocycles. The largest absolute Gasteiger partial charge is 0.362 e. The second-order valence-electron chi connectivity index (χ2n) is 10.0. The third-order valence-corrected chi connectivity index (χ3v) is 6.16. The molecule has 0 saturated heterocycles. The fourth-order valence-corrected chi connectivity index (χ4v) is 5.10. The minimum Gasteiger partial charge on any atom is -0.362 e. The molecule has 0 fully saturated rings. The lowest BCUT2D eigenvalue weighted by Crippen LogP contribution is -2.42. The third-order valence-electron chi connectivity index (χ3n) is 6.16. The summed E-state index contributed by atoms with van der Waals surface area (Å²) in [5.74, 6) is -0.734. The number of dihydropyridines is 1. The number of carbonyl (C=O) groups excluding carboxylic acids is 2. The van der Waals surface area contributed by atoms with Gasteiger partial charge in [-0.3, -0.25) is 19.7 Å². The highest BCUT2D eigenvalue weighted by molar-refractivity contribution is 6.07. The van der Waals surface area contributed by atoms with Crippen molar-refractivity contribution in [3.05, 3.63) is 62.5 Å². The van der Waals surface area contributed by atoms with E-state index in [1.807, 2.05) is 0 Å². The van der Waals surface area contributed by atoms with E-state index in [1.165, 1.54) is 6.07 Å². The van der Waals surface area contributed by atoms with Gasteiger partial charge in [0.25, 0.3) is 5.69 Å². The highest BCUT2D eigenvalue weighted by Gasteiger charge is 2.47. The summed E-state index contributed by atoms with van der Waals surface area (Å²) in [5.41, 5.74) is 2.70. The fourth-order valence-electron chi connectivity index (χ4n) is 5.10. The molecule has 6 heteroatoms. The minimum atomic E-state index is -0.671. The lowest BCUT2D eigenvalue weighted by Gasteiger charge is -2.43. The van der Waals surface area contributed by atoms with Crippen molar-refractivity contribution in [2.45, 2.75) is 59.3 Å². The normalized spacial score (nSPS) is 23.4. The number of Topliss-reactive ketones (excluding diaryl/α,β-unsaturated/α-hetero) is 2. The maximum absolute atomic E-state index is 13.2. The SMILES string of the molecule is CC1(C)CC(=O)C2=C(C1)NC1=C(C(=O)CC(C)(C)C1)C2c1ccccc1[N+](=O)[O-].